The van der Waals surface area contributed by atoms with Crippen LogP contribution in [0.25, 0.3) is 16.6 Å². The molecule has 3 aromatic carbocycles. The van der Waals surface area contributed by atoms with Crippen LogP contribution in [0.3, 0.4) is 0 Å². The van der Waals surface area contributed by atoms with Crippen LogP contribution in [-0.4, -0.2) is 21.2 Å². The van der Waals surface area contributed by atoms with Gasteiger partial charge < -0.3 is 5.32 Å². The average molecular weight is 531 g/mol. The third-order valence-electron chi connectivity index (χ3n) is 4.29. The Bertz CT molecular complexity index is 1270. The second-order valence-electron chi connectivity index (χ2n) is 6.37. The van der Waals surface area contributed by atoms with Gasteiger partial charge in [0, 0.05) is 9.26 Å². The highest BCUT2D eigenvalue weighted by atomic mass is 127. The number of carbonyl (C=O) groups excluding carboxylic acids is 1. The molecule has 1 heterocycles. The number of rotatable bonds is 5. The number of nitrogens with zero attached hydrogens (tertiary/aromatic N) is 2. The van der Waals surface area contributed by atoms with E-state index < -0.39 is 5.82 Å². The average Bonchev–Trinajstić information content (AvgIpc) is 2.75. The monoisotopic (exact) mass is 531 g/mol. The first-order chi connectivity index (χ1) is 14.5. The molecule has 0 radical (unpaired) electrons. The van der Waals surface area contributed by atoms with Gasteiger partial charge in [0.05, 0.1) is 22.3 Å². The number of halogens is 2. The van der Waals surface area contributed by atoms with Gasteiger partial charge in [-0.2, -0.15) is 0 Å². The fourth-order valence-electron chi connectivity index (χ4n) is 2.89. The van der Waals surface area contributed by atoms with Gasteiger partial charge in [0.25, 0.3) is 5.56 Å². The first-order valence-corrected chi connectivity index (χ1v) is 11.0. The fourth-order valence-corrected chi connectivity index (χ4v) is 4.06. The fraction of sp³-hybridized carbons (Fsp3) is 0.0455. The molecule has 0 spiro atoms. The first-order valence-electron chi connectivity index (χ1n) is 8.97. The summed E-state index contributed by atoms with van der Waals surface area (Å²) in [5, 5.41) is 3.65. The van der Waals surface area contributed by atoms with E-state index in [-0.39, 0.29) is 17.2 Å². The summed E-state index contributed by atoms with van der Waals surface area (Å²) in [6.45, 7) is 0. The van der Waals surface area contributed by atoms with E-state index >= 15 is 0 Å². The van der Waals surface area contributed by atoms with Crippen LogP contribution < -0.4 is 10.9 Å². The SMILES string of the molecule is O=C(CSc1nc2ccccc2c(=O)n1-c1ccc(F)cc1)Nc1ccc(I)cc1. The Balaban J connectivity index is 1.66. The summed E-state index contributed by atoms with van der Waals surface area (Å²) in [4.78, 5) is 30.1. The zero-order valence-electron chi connectivity index (χ0n) is 15.5. The second kappa shape index (κ2) is 8.97. The van der Waals surface area contributed by atoms with Crippen LogP contribution in [0, 0.1) is 9.39 Å². The van der Waals surface area contributed by atoms with Gasteiger partial charge in [-0.15, -0.1) is 0 Å². The number of anilines is 1. The molecule has 0 bridgehead atoms. The number of amides is 1. The van der Waals surface area contributed by atoms with Crippen molar-refractivity contribution in [1.82, 2.24) is 9.55 Å². The maximum atomic E-state index is 13.4. The molecule has 150 valence electrons. The van der Waals surface area contributed by atoms with E-state index in [1.165, 1.54) is 28.8 Å². The molecule has 0 aliphatic rings. The molecule has 0 aliphatic carbocycles. The van der Waals surface area contributed by atoms with Crippen molar-refractivity contribution in [3.63, 3.8) is 0 Å². The maximum Gasteiger partial charge on any atom is 0.266 e. The molecule has 1 aromatic heterocycles. The van der Waals surface area contributed by atoms with E-state index in [4.69, 9.17) is 0 Å². The molecule has 8 heteroatoms. The van der Waals surface area contributed by atoms with Crippen LogP contribution >= 0.6 is 34.4 Å². The first kappa shape index (κ1) is 20.5. The minimum atomic E-state index is -0.397. The minimum absolute atomic E-state index is 0.0674. The van der Waals surface area contributed by atoms with Crippen molar-refractivity contribution >= 4 is 56.9 Å². The lowest BCUT2D eigenvalue weighted by molar-refractivity contribution is -0.113. The van der Waals surface area contributed by atoms with Crippen molar-refractivity contribution < 1.29 is 9.18 Å². The number of fused-ring (bicyclic) bond motifs is 1. The molecule has 1 N–H and O–H groups in total. The summed E-state index contributed by atoms with van der Waals surface area (Å²) >= 11 is 3.34. The molecule has 30 heavy (non-hydrogen) atoms. The van der Waals surface area contributed by atoms with Gasteiger partial charge in [-0.3, -0.25) is 14.2 Å². The van der Waals surface area contributed by atoms with Gasteiger partial charge in [-0.1, -0.05) is 23.9 Å². The topological polar surface area (TPSA) is 64.0 Å². The number of hydrogen-bond donors (Lipinski definition) is 1. The molecule has 0 saturated carbocycles. The molecule has 0 atom stereocenters. The molecule has 4 aromatic rings. The van der Waals surface area contributed by atoms with Crippen LogP contribution in [0.15, 0.2) is 82.7 Å². The zero-order chi connectivity index (χ0) is 21.1. The summed E-state index contributed by atoms with van der Waals surface area (Å²) < 4.78 is 15.9. The molecule has 1 amide bonds. The predicted octanol–water partition coefficient (Wildman–Crippen LogP) is 4.86. The Morgan fingerprint density at radius 1 is 1.03 bits per heavy atom. The Morgan fingerprint density at radius 3 is 2.47 bits per heavy atom. The van der Waals surface area contributed by atoms with Gasteiger partial charge in [0.15, 0.2) is 5.16 Å². The molecule has 0 fully saturated rings. The Labute approximate surface area is 189 Å². The van der Waals surface area contributed by atoms with E-state index in [0.29, 0.717) is 27.4 Å². The summed E-state index contributed by atoms with van der Waals surface area (Å²) in [5.41, 5.74) is 1.46. The van der Waals surface area contributed by atoms with Gasteiger partial charge in [-0.05, 0) is 83.3 Å². The van der Waals surface area contributed by atoms with Crippen molar-refractivity contribution in [1.29, 1.82) is 0 Å². The van der Waals surface area contributed by atoms with Crippen LogP contribution in [0.2, 0.25) is 0 Å². The van der Waals surface area contributed by atoms with E-state index in [9.17, 15) is 14.0 Å². The Morgan fingerprint density at radius 2 is 1.73 bits per heavy atom. The normalized spacial score (nSPS) is 10.9. The predicted molar refractivity (Wildman–Crippen MR) is 126 cm³/mol. The molecule has 0 saturated heterocycles. The van der Waals surface area contributed by atoms with Gasteiger partial charge in [-0.25, -0.2) is 9.37 Å². The maximum absolute atomic E-state index is 13.4. The van der Waals surface area contributed by atoms with Gasteiger partial charge in [0.2, 0.25) is 5.91 Å². The quantitative estimate of drug-likeness (QED) is 0.227. The highest BCUT2D eigenvalue weighted by Crippen LogP contribution is 2.22. The van der Waals surface area contributed by atoms with E-state index in [2.05, 4.69) is 32.9 Å². The summed E-state index contributed by atoms with van der Waals surface area (Å²) in [6, 6.07) is 20.1. The van der Waals surface area contributed by atoms with Gasteiger partial charge >= 0.3 is 0 Å². The lowest BCUT2D eigenvalue weighted by Gasteiger charge is -2.13. The number of benzene rings is 3. The van der Waals surface area contributed by atoms with E-state index in [0.717, 1.165) is 15.3 Å². The van der Waals surface area contributed by atoms with Crippen molar-refractivity contribution in [2.24, 2.45) is 0 Å². The van der Waals surface area contributed by atoms with Gasteiger partial charge in [0.1, 0.15) is 5.82 Å². The lowest BCUT2D eigenvalue weighted by Crippen LogP contribution is -2.23. The number of hydrogen-bond acceptors (Lipinski definition) is 4. The third-order valence-corrected chi connectivity index (χ3v) is 5.95. The number of para-hydroxylation sites is 1. The number of thioether (sulfide) groups is 1. The second-order valence-corrected chi connectivity index (χ2v) is 8.56. The third kappa shape index (κ3) is 4.54. The Kier molecular flexibility index (Phi) is 6.14. The molecule has 0 unspecified atom stereocenters. The largest absolute Gasteiger partial charge is 0.325 e. The van der Waals surface area contributed by atoms with Crippen LogP contribution in [0.4, 0.5) is 10.1 Å². The van der Waals surface area contributed by atoms with Crippen molar-refractivity contribution in [2.45, 2.75) is 5.16 Å². The highest BCUT2D eigenvalue weighted by molar-refractivity contribution is 14.1. The molecular weight excluding hydrogens is 516 g/mol. The zero-order valence-corrected chi connectivity index (χ0v) is 18.5. The smallest absolute Gasteiger partial charge is 0.266 e. The molecular formula is C22H15FIN3O2S. The molecule has 5 nitrogen and oxygen atoms in total. The van der Waals surface area contributed by atoms with Crippen molar-refractivity contribution in [3.05, 3.63) is 92.5 Å². The highest BCUT2D eigenvalue weighted by Gasteiger charge is 2.15. The van der Waals surface area contributed by atoms with Crippen LogP contribution in [-0.2, 0) is 4.79 Å². The van der Waals surface area contributed by atoms with E-state index in [1.54, 1.807) is 24.3 Å². The van der Waals surface area contributed by atoms with Crippen molar-refractivity contribution in [3.8, 4) is 5.69 Å². The molecule has 0 aliphatic heterocycles. The number of nitrogens with one attached hydrogen (secondary N) is 1. The number of carbonyl (C=O) groups is 1. The van der Waals surface area contributed by atoms with Crippen LogP contribution in [0.5, 0.6) is 0 Å². The Hall–Kier alpha value is -2.72. The number of aromatic nitrogens is 2. The van der Waals surface area contributed by atoms with Crippen LogP contribution in [0.1, 0.15) is 0 Å². The summed E-state index contributed by atoms with van der Waals surface area (Å²) in [6.07, 6.45) is 0. The lowest BCUT2D eigenvalue weighted by atomic mass is 10.2. The summed E-state index contributed by atoms with van der Waals surface area (Å²) in [7, 11) is 0. The molecule has 4 rings (SSSR count). The standard InChI is InChI=1S/C22H15FIN3O2S/c23-14-5-11-17(12-6-14)27-21(29)18-3-1-2-4-19(18)26-22(27)30-13-20(28)25-16-9-7-15(24)8-10-16/h1-12H,13H2,(H,25,28). The van der Waals surface area contributed by atoms with E-state index in [1.807, 2.05) is 24.3 Å². The van der Waals surface area contributed by atoms with Crippen molar-refractivity contribution in [2.75, 3.05) is 11.1 Å². The minimum Gasteiger partial charge on any atom is -0.325 e. The summed E-state index contributed by atoms with van der Waals surface area (Å²) in [5.74, 6) is -0.543.